The molecule has 0 amide bonds. The predicted molar refractivity (Wildman–Crippen MR) is 49.3 cm³/mol. The number of carbonyl (C=O) groups is 2. The summed E-state index contributed by atoms with van der Waals surface area (Å²) in [5, 5.41) is 27.6. The maximum Gasteiger partial charge on any atom is 0.403 e. The SMILES string of the molecule is O=C(O)c1c(Cl)c(Cl)c[n+]([O-])c1C(=O)O. The molecule has 0 fully saturated rings. The van der Waals surface area contributed by atoms with Crippen molar-refractivity contribution in [1.82, 2.24) is 0 Å². The molecule has 0 unspecified atom stereocenters. The lowest BCUT2D eigenvalue weighted by Gasteiger charge is -2.06. The Morgan fingerprint density at radius 2 is 1.80 bits per heavy atom. The van der Waals surface area contributed by atoms with E-state index < -0.39 is 28.2 Å². The van der Waals surface area contributed by atoms with Crippen molar-refractivity contribution in [2.45, 2.75) is 0 Å². The van der Waals surface area contributed by atoms with Crippen molar-refractivity contribution in [3.05, 3.63) is 32.7 Å². The lowest BCUT2D eigenvalue weighted by Crippen LogP contribution is -2.37. The third-order valence-electron chi connectivity index (χ3n) is 1.53. The van der Waals surface area contributed by atoms with Gasteiger partial charge in [-0.2, -0.15) is 4.73 Å². The van der Waals surface area contributed by atoms with E-state index in [2.05, 4.69) is 0 Å². The van der Waals surface area contributed by atoms with E-state index in [1.54, 1.807) is 0 Å². The van der Waals surface area contributed by atoms with Crippen LogP contribution in [0, 0.1) is 5.21 Å². The standard InChI is InChI=1S/C7H3Cl2NO5/c8-2-1-10(15)5(7(13)14)3(4(2)9)6(11)12/h1H,(H,11,12)(H,13,14). The molecular formula is C7H3Cl2NO5. The Labute approximate surface area is 92.9 Å². The van der Waals surface area contributed by atoms with E-state index in [1.807, 2.05) is 0 Å². The van der Waals surface area contributed by atoms with Crippen LogP contribution in [0.5, 0.6) is 0 Å². The summed E-state index contributed by atoms with van der Waals surface area (Å²) < 4.78 is -0.153. The highest BCUT2D eigenvalue weighted by Crippen LogP contribution is 2.26. The van der Waals surface area contributed by atoms with E-state index in [-0.39, 0.29) is 9.75 Å². The molecule has 2 N–H and O–H groups in total. The molecule has 0 aliphatic rings. The van der Waals surface area contributed by atoms with Crippen molar-refractivity contribution < 1.29 is 24.5 Å². The highest BCUT2D eigenvalue weighted by atomic mass is 35.5. The van der Waals surface area contributed by atoms with Crippen LogP contribution < -0.4 is 4.73 Å². The van der Waals surface area contributed by atoms with Gasteiger partial charge in [-0.1, -0.05) is 23.2 Å². The monoisotopic (exact) mass is 251 g/mol. The summed E-state index contributed by atoms with van der Waals surface area (Å²) in [6, 6.07) is 0. The number of halogens is 2. The van der Waals surface area contributed by atoms with Gasteiger partial charge in [0.05, 0.1) is 5.02 Å². The summed E-state index contributed by atoms with van der Waals surface area (Å²) >= 11 is 10.9. The predicted octanol–water partition coefficient (Wildman–Crippen LogP) is 1.02. The minimum Gasteiger partial charge on any atom is -0.618 e. The van der Waals surface area contributed by atoms with Gasteiger partial charge in [-0.3, -0.25) is 0 Å². The summed E-state index contributed by atoms with van der Waals surface area (Å²) in [6.07, 6.45) is 0.680. The first-order valence-corrected chi connectivity index (χ1v) is 4.19. The number of aromatic carboxylic acids is 2. The van der Waals surface area contributed by atoms with Gasteiger partial charge in [-0.15, -0.1) is 0 Å². The maximum atomic E-state index is 11.1. The fraction of sp³-hybridized carbons (Fsp3) is 0. The zero-order valence-electron chi connectivity index (χ0n) is 6.90. The van der Waals surface area contributed by atoms with Gasteiger partial charge in [0.1, 0.15) is 5.02 Å². The molecule has 0 bridgehead atoms. The largest absolute Gasteiger partial charge is 0.618 e. The Balaban J connectivity index is 3.69. The second kappa shape index (κ2) is 3.92. The van der Waals surface area contributed by atoms with Crippen LogP contribution >= 0.6 is 23.2 Å². The summed E-state index contributed by atoms with van der Waals surface area (Å²) in [5.74, 6) is -3.33. The zero-order valence-corrected chi connectivity index (χ0v) is 8.41. The third kappa shape index (κ3) is 1.95. The van der Waals surface area contributed by atoms with Crippen molar-refractivity contribution in [3.8, 4) is 0 Å². The van der Waals surface area contributed by atoms with Crippen LogP contribution in [0.4, 0.5) is 0 Å². The Bertz CT molecular complexity index is 459. The van der Waals surface area contributed by atoms with Gasteiger partial charge in [-0.25, -0.2) is 9.59 Å². The molecule has 0 atom stereocenters. The van der Waals surface area contributed by atoms with E-state index in [4.69, 9.17) is 33.4 Å². The molecule has 80 valence electrons. The molecule has 6 nitrogen and oxygen atoms in total. The van der Waals surface area contributed by atoms with Crippen LogP contribution in [0.15, 0.2) is 6.20 Å². The molecule has 0 radical (unpaired) electrons. The zero-order chi connectivity index (χ0) is 11.7. The number of pyridine rings is 1. The van der Waals surface area contributed by atoms with Crippen molar-refractivity contribution in [2.24, 2.45) is 0 Å². The van der Waals surface area contributed by atoms with Gasteiger partial charge in [0, 0.05) is 0 Å². The first kappa shape index (κ1) is 11.5. The molecule has 1 rings (SSSR count). The topological polar surface area (TPSA) is 102 Å². The van der Waals surface area contributed by atoms with Crippen molar-refractivity contribution in [3.63, 3.8) is 0 Å². The van der Waals surface area contributed by atoms with E-state index in [0.717, 1.165) is 0 Å². The molecule has 0 aliphatic heterocycles. The van der Waals surface area contributed by atoms with Crippen molar-refractivity contribution >= 4 is 35.1 Å². The van der Waals surface area contributed by atoms with E-state index in [1.165, 1.54) is 0 Å². The number of carboxylic acid groups (broad SMARTS) is 2. The number of hydrogen-bond acceptors (Lipinski definition) is 3. The average molecular weight is 252 g/mol. The average Bonchev–Trinajstić information content (AvgIpc) is 2.09. The van der Waals surface area contributed by atoms with Crippen LogP contribution in [0.2, 0.25) is 10.0 Å². The van der Waals surface area contributed by atoms with E-state index >= 15 is 0 Å². The second-order valence-electron chi connectivity index (χ2n) is 2.45. The minimum atomic E-state index is -1.69. The summed E-state index contributed by atoms with van der Waals surface area (Å²) in [4.78, 5) is 21.3. The van der Waals surface area contributed by atoms with Crippen LogP contribution in [-0.2, 0) is 0 Å². The van der Waals surface area contributed by atoms with E-state index in [0.29, 0.717) is 6.20 Å². The number of aromatic nitrogens is 1. The van der Waals surface area contributed by atoms with Gasteiger partial charge in [0.15, 0.2) is 5.56 Å². The molecule has 1 heterocycles. The highest BCUT2D eigenvalue weighted by Gasteiger charge is 2.30. The molecule has 0 aliphatic carbocycles. The molecule has 0 saturated heterocycles. The Morgan fingerprint density at radius 1 is 1.27 bits per heavy atom. The first-order valence-electron chi connectivity index (χ1n) is 3.44. The van der Waals surface area contributed by atoms with Gasteiger partial charge in [-0.05, 0) is 0 Å². The van der Waals surface area contributed by atoms with Crippen LogP contribution in [0.25, 0.3) is 0 Å². The number of rotatable bonds is 2. The molecule has 0 aromatic carbocycles. The summed E-state index contributed by atoms with van der Waals surface area (Å²) in [6.45, 7) is 0. The Morgan fingerprint density at radius 3 is 2.20 bits per heavy atom. The quantitative estimate of drug-likeness (QED) is 0.604. The maximum absolute atomic E-state index is 11.1. The lowest BCUT2D eigenvalue weighted by atomic mass is 10.2. The lowest BCUT2D eigenvalue weighted by molar-refractivity contribution is -0.608. The molecule has 15 heavy (non-hydrogen) atoms. The normalized spacial score (nSPS) is 10.0. The smallest absolute Gasteiger partial charge is 0.403 e. The van der Waals surface area contributed by atoms with Crippen molar-refractivity contribution in [1.29, 1.82) is 0 Å². The number of nitrogens with zero attached hydrogens (tertiary/aromatic N) is 1. The molecule has 0 spiro atoms. The van der Waals surface area contributed by atoms with Crippen LogP contribution in [0.1, 0.15) is 20.8 Å². The molecule has 8 heteroatoms. The van der Waals surface area contributed by atoms with Gasteiger partial charge >= 0.3 is 17.6 Å². The molecule has 1 aromatic rings. The third-order valence-corrected chi connectivity index (χ3v) is 2.31. The van der Waals surface area contributed by atoms with Gasteiger partial charge < -0.3 is 15.4 Å². The Kier molecular flexibility index (Phi) is 3.01. The van der Waals surface area contributed by atoms with Gasteiger partial charge in [0.25, 0.3) is 0 Å². The number of carboxylic acids is 2. The first-order chi connectivity index (χ1) is 6.86. The molecule has 0 saturated carbocycles. The Hall–Kier alpha value is -1.53. The number of hydrogen-bond donors (Lipinski definition) is 2. The van der Waals surface area contributed by atoms with Gasteiger partial charge in [0.2, 0.25) is 6.20 Å². The summed E-state index contributed by atoms with van der Waals surface area (Å²) in [7, 11) is 0. The highest BCUT2D eigenvalue weighted by molar-refractivity contribution is 6.43. The fourth-order valence-electron chi connectivity index (χ4n) is 0.954. The fourth-order valence-corrected chi connectivity index (χ4v) is 1.36. The van der Waals surface area contributed by atoms with Crippen LogP contribution in [0.3, 0.4) is 0 Å². The van der Waals surface area contributed by atoms with Crippen molar-refractivity contribution in [2.75, 3.05) is 0 Å². The second-order valence-corrected chi connectivity index (χ2v) is 3.24. The molecule has 1 aromatic heterocycles. The van der Waals surface area contributed by atoms with E-state index in [9.17, 15) is 14.8 Å². The molecular weight excluding hydrogens is 249 g/mol. The minimum absolute atomic E-state index is 0.153. The van der Waals surface area contributed by atoms with Crippen LogP contribution in [-0.4, -0.2) is 22.2 Å². The summed E-state index contributed by atoms with van der Waals surface area (Å²) in [5.41, 5.74) is -1.80.